The van der Waals surface area contributed by atoms with Crippen molar-refractivity contribution in [1.29, 1.82) is 0 Å². The van der Waals surface area contributed by atoms with Crippen LogP contribution in [0.1, 0.15) is 11.1 Å². The molecule has 0 atom stereocenters. The van der Waals surface area contributed by atoms with Crippen LogP contribution < -0.4 is 0 Å². The van der Waals surface area contributed by atoms with Crippen molar-refractivity contribution in [2.75, 3.05) is 0 Å². The van der Waals surface area contributed by atoms with Gasteiger partial charge in [-0.3, -0.25) is 0 Å². The number of hydrogen-bond donors (Lipinski definition) is 0. The lowest BCUT2D eigenvalue weighted by molar-refractivity contribution is 1.32. The first-order valence-corrected chi connectivity index (χ1v) is 5.93. The fourth-order valence-corrected chi connectivity index (χ4v) is 1.78. The van der Waals surface area contributed by atoms with Crippen LogP contribution in [0.3, 0.4) is 0 Å². The Morgan fingerprint density at radius 2 is 1.56 bits per heavy atom. The van der Waals surface area contributed by atoms with Crippen LogP contribution in [-0.2, 0) is 6.42 Å². The van der Waals surface area contributed by atoms with Crippen molar-refractivity contribution in [2.45, 2.75) is 6.42 Å². The van der Waals surface area contributed by atoms with Gasteiger partial charge in [0, 0.05) is 16.5 Å². The fourth-order valence-electron chi connectivity index (χ4n) is 1.40. The summed E-state index contributed by atoms with van der Waals surface area (Å²) >= 11 is 3.48. The lowest BCUT2D eigenvalue weighted by Crippen LogP contribution is -1.80. The Bertz CT molecular complexity index is 518. The van der Waals surface area contributed by atoms with E-state index in [1.54, 1.807) is 0 Å². The van der Waals surface area contributed by atoms with Crippen LogP contribution >= 0.6 is 15.9 Å². The van der Waals surface area contributed by atoms with Crippen molar-refractivity contribution in [3.63, 3.8) is 0 Å². The fraction of sp³-hybridized carbons (Fsp3) is 0.0667. The summed E-state index contributed by atoms with van der Waals surface area (Å²) < 4.78 is 1.05. The Kier molecular flexibility index (Phi) is 3.80. The van der Waals surface area contributed by atoms with Gasteiger partial charge in [0.2, 0.25) is 0 Å². The van der Waals surface area contributed by atoms with Gasteiger partial charge in [-0.1, -0.05) is 54.3 Å². The molecule has 2 aromatic carbocycles. The van der Waals surface area contributed by atoms with E-state index in [1.165, 1.54) is 5.56 Å². The van der Waals surface area contributed by atoms with E-state index < -0.39 is 0 Å². The van der Waals surface area contributed by atoms with Gasteiger partial charge in [-0.2, -0.15) is 0 Å². The van der Waals surface area contributed by atoms with Crippen molar-refractivity contribution >= 4 is 15.9 Å². The normalized spacial score (nSPS) is 9.31. The summed E-state index contributed by atoms with van der Waals surface area (Å²) in [7, 11) is 0. The van der Waals surface area contributed by atoms with Crippen LogP contribution in [0.25, 0.3) is 0 Å². The molecule has 0 saturated heterocycles. The minimum atomic E-state index is 0.794. The Morgan fingerprint density at radius 3 is 2.31 bits per heavy atom. The molecule has 0 aliphatic carbocycles. The molecule has 0 aliphatic heterocycles. The highest BCUT2D eigenvalue weighted by Gasteiger charge is 1.92. The van der Waals surface area contributed by atoms with Crippen molar-refractivity contribution in [1.82, 2.24) is 0 Å². The minimum Gasteiger partial charge on any atom is -0.0931 e. The third-order valence-corrected chi connectivity index (χ3v) is 2.92. The molecule has 0 nitrogen and oxygen atoms in total. The molecule has 0 saturated carbocycles. The van der Waals surface area contributed by atoms with Gasteiger partial charge in [0.05, 0.1) is 0 Å². The van der Waals surface area contributed by atoms with Crippen molar-refractivity contribution in [3.8, 4) is 11.8 Å². The lowest BCUT2D eigenvalue weighted by atomic mass is 10.1. The molecule has 0 radical (unpaired) electrons. The van der Waals surface area contributed by atoms with E-state index >= 15 is 0 Å². The van der Waals surface area contributed by atoms with E-state index in [0.29, 0.717) is 0 Å². The monoisotopic (exact) mass is 270 g/mol. The van der Waals surface area contributed by atoms with Gasteiger partial charge in [0.15, 0.2) is 0 Å². The van der Waals surface area contributed by atoms with E-state index in [9.17, 15) is 0 Å². The molecular weight excluding hydrogens is 260 g/mol. The highest BCUT2D eigenvalue weighted by atomic mass is 79.9. The molecule has 0 amide bonds. The van der Waals surface area contributed by atoms with Crippen LogP contribution in [-0.4, -0.2) is 0 Å². The SMILES string of the molecule is Brc1ccccc1C#CCc1ccccc1. The molecule has 78 valence electrons. The van der Waals surface area contributed by atoms with Gasteiger partial charge in [0.25, 0.3) is 0 Å². The Hall–Kier alpha value is -1.52. The van der Waals surface area contributed by atoms with E-state index in [4.69, 9.17) is 0 Å². The minimum absolute atomic E-state index is 0.794. The van der Waals surface area contributed by atoms with Crippen molar-refractivity contribution in [3.05, 3.63) is 70.2 Å². The zero-order valence-corrected chi connectivity index (χ0v) is 10.4. The van der Waals surface area contributed by atoms with Gasteiger partial charge in [-0.15, -0.1) is 0 Å². The molecule has 0 heterocycles. The Labute approximate surface area is 104 Å². The molecule has 0 aromatic heterocycles. The third-order valence-electron chi connectivity index (χ3n) is 2.23. The van der Waals surface area contributed by atoms with Gasteiger partial charge in [0.1, 0.15) is 0 Å². The molecule has 0 fully saturated rings. The predicted octanol–water partition coefficient (Wildman–Crippen LogP) is 4.04. The summed E-state index contributed by atoms with van der Waals surface area (Å²) in [6.07, 6.45) is 0.794. The zero-order chi connectivity index (χ0) is 11.2. The molecule has 0 bridgehead atoms. The highest BCUT2D eigenvalue weighted by molar-refractivity contribution is 9.10. The number of halogens is 1. The highest BCUT2D eigenvalue weighted by Crippen LogP contribution is 2.14. The summed E-state index contributed by atoms with van der Waals surface area (Å²) in [6, 6.07) is 18.3. The van der Waals surface area contributed by atoms with Gasteiger partial charge < -0.3 is 0 Å². The topological polar surface area (TPSA) is 0 Å². The quantitative estimate of drug-likeness (QED) is 0.686. The van der Waals surface area contributed by atoms with Gasteiger partial charge in [-0.05, 0) is 33.6 Å². The molecule has 1 heteroatoms. The van der Waals surface area contributed by atoms with Crippen LogP contribution in [0.5, 0.6) is 0 Å². The second-order valence-electron chi connectivity index (χ2n) is 3.44. The van der Waals surface area contributed by atoms with E-state index in [0.717, 1.165) is 16.5 Å². The standard InChI is InChI=1S/C15H11Br/c16-15-12-5-4-10-14(15)11-6-9-13-7-2-1-3-8-13/h1-5,7-8,10,12H,9H2. The predicted molar refractivity (Wildman–Crippen MR) is 71.2 cm³/mol. The summed E-state index contributed by atoms with van der Waals surface area (Å²) in [4.78, 5) is 0. The molecule has 0 unspecified atom stereocenters. The van der Waals surface area contributed by atoms with Crippen LogP contribution in [0, 0.1) is 11.8 Å². The number of rotatable bonds is 1. The van der Waals surface area contributed by atoms with Crippen molar-refractivity contribution < 1.29 is 0 Å². The molecule has 0 N–H and O–H groups in total. The zero-order valence-electron chi connectivity index (χ0n) is 8.78. The van der Waals surface area contributed by atoms with Crippen LogP contribution in [0.4, 0.5) is 0 Å². The summed E-state index contributed by atoms with van der Waals surface area (Å²) in [5.41, 5.74) is 2.29. The third kappa shape index (κ3) is 2.98. The maximum Gasteiger partial charge on any atom is 0.0387 e. The average Bonchev–Trinajstić information content (AvgIpc) is 2.33. The number of benzene rings is 2. The van der Waals surface area contributed by atoms with Crippen molar-refractivity contribution in [2.24, 2.45) is 0 Å². The largest absolute Gasteiger partial charge is 0.0931 e. The molecular formula is C15H11Br. The first kappa shape index (κ1) is 11.0. The summed E-state index contributed by atoms with van der Waals surface area (Å²) in [5, 5.41) is 0. The Morgan fingerprint density at radius 1 is 0.875 bits per heavy atom. The average molecular weight is 271 g/mol. The van der Waals surface area contributed by atoms with E-state index in [-0.39, 0.29) is 0 Å². The summed E-state index contributed by atoms with van der Waals surface area (Å²) in [6.45, 7) is 0. The number of hydrogen-bond acceptors (Lipinski definition) is 0. The molecule has 2 rings (SSSR count). The van der Waals surface area contributed by atoms with Crippen LogP contribution in [0.2, 0.25) is 0 Å². The molecule has 16 heavy (non-hydrogen) atoms. The van der Waals surface area contributed by atoms with E-state index in [1.807, 2.05) is 42.5 Å². The molecule has 0 aliphatic rings. The van der Waals surface area contributed by atoms with Gasteiger partial charge >= 0.3 is 0 Å². The second-order valence-corrected chi connectivity index (χ2v) is 4.30. The maximum atomic E-state index is 3.48. The molecule has 2 aromatic rings. The summed E-state index contributed by atoms with van der Waals surface area (Å²) in [5.74, 6) is 6.34. The van der Waals surface area contributed by atoms with Gasteiger partial charge in [-0.25, -0.2) is 0 Å². The van der Waals surface area contributed by atoms with E-state index in [2.05, 4.69) is 39.9 Å². The lowest BCUT2D eigenvalue weighted by Gasteiger charge is -1.94. The first-order chi connectivity index (χ1) is 7.86. The first-order valence-electron chi connectivity index (χ1n) is 5.13. The molecule has 0 spiro atoms. The second kappa shape index (κ2) is 5.53. The smallest absolute Gasteiger partial charge is 0.0387 e. The Balaban J connectivity index is 2.10. The maximum absolute atomic E-state index is 3.48. The van der Waals surface area contributed by atoms with Crippen LogP contribution in [0.15, 0.2) is 59.1 Å².